The molecule has 4 unspecified atom stereocenters. The number of esters is 2. The zero-order chi connectivity index (χ0) is 47.0. The van der Waals surface area contributed by atoms with Gasteiger partial charge in [0.15, 0.2) is 18.5 Å². The van der Waals surface area contributed by atoms with Gasteiger partial charge in [-0.2, -0.15) is 0 Å². The second kappa shape index (κ2) is 25.3. The normalized spacial score (nSPS) is 30.4. The average Bonchev–Trinajstić information content (AvgIpc) is 3.64. The largest absolute Gasteiger partial charge is 0.508 e. The summed E-state index contributed by atoms with van der Waals surface area (Å²) in [5.41, 5.74) is 0.834. The first kappa shape index (κ1) is 52.1. The molecule has 13 atom stereocenters. The minimum absolute atomic E-state index is 0.121. The molecule has 1 aromatic carbocycles. The molecule has 0 aromatic heterocycles. The van der Waals surface area contributed by atoms with Gasteiger partial charge in [0.2, 0.25) is 5.79 Å². The molecule has 0 saturated carbocycles. The smallest absolute Gasteiger partial charge is 0.331 e. The summed E-state index contributed by atoms with van der Waals surface area (Å²) in [7, 11) is 0. The highest BCUT2D eigenvalue weighted by atomic mass is 16.8. The fourth-order valence-corrected chi connectivity index (χ4v) is 7.09. The Morgan fingerprint density at radius 3 is 2.31 bits per heavy atom. The number of hydrogen-bond donors (Lipinski definition) is 9. The molecule has 3 aliphatic rings. The summed E-state index contributed by atoms with van der Waals surface area (Å²) in [6, 6.07) is 2.25. The van der Waals surface area contributed by atoms with E-state index in [1.165, 1.54) is 30.4 Å². The van der Waals surface area contributed by atoms with Crippen LogP contribution in [0.3, 0.4) is 0 Å². The molecule has 1 aromatic rings. The molecule has 3 aliphatic heterocycles. The molecule has 0 amide bonds. The second-order valence-corrected chi connectivity index (χ2v) is 16.0. The van der Waals surface area contributed by atoms with Crippen LogP contribution in [0.2, 0.25) is 0 Å². The SMILES string of the molecule is CCC(O)/C=C/C=C/C=C/C(=O)OC[C@@H]1O[C@@H](O[C@H]2[C@H](OC(=O)/C=C/C=C/CC(O)/C(C)=C/C=C/CCC(C)CC)[C@H](O)C3(OCc4cc(O)cc(O)c43)O[C@H]2CO)[C@@H](O)[C@@H](O)[C@H]1O. The molecule has 17 nitrogen and oxygen atoms in total. The van der Waals surface area contributed by atoms with Crippen molar-refractivity contribution >= 4 is 11.9 Å². The van der Waals surface area contributed by atoms with Gasteiger partial charge in [-0.1, -0.05) is 94.0 Å². The van der Waals surface area contributed by atoms with Crippen molar-refractivity contribution in [3.63, 3.8) is 0 Å². The number of allylic oxidation sites excluding steroid dienone is 9. The average molecular weight is 901 g/mol. The third-order valence-corrected chi connectivity index (χ3v) is 11.2. The van der Waals surface area contributed by atoms with E-state index in [9.17, 15) is 55.5 Å². The number of aliphatic hydroxyl groups excluding tert-OH is 7. The van der Waals surface area contributed by atoms with E-state index in [1.807, 2.05) is 19.1 Å². The fraction of sp³-hybridized carbons (Fsp3) is 0.532. The number of aliphatic hydroxyl groups is 7. The number of benzene rings is 1. The Morgan fingerprint density at radius 1 is 0.875 bits per heavy atom. The Labute approximate surface area is 373 Å². The van der Waals surface area contributed by atoms with Gasteiger partial charge in [0.25, 0.3) is 0 Å². The van der Waals surface area contributed by atoms with Crippen molar-refractivity contribution in [3.8, 4) is 11.5 Å². The molecule has 354 valence electrons. The van der Waals surface area contributed by atoms with Crippen LogP contribution in [-0.2, 0) is 50.4 Å². The van der Waals surface area contributed by atoms with Crippen LogP contribution in [0.1, 0.15) is 70.9 Å². The summed E-state index contributed by atoms with van der Waals surface area (Å²) in [5.74, 6) is -4.40. The molecular formula is C47H64O17. The zero-order valence-corrected chi connectivity index (χ0v) is 36.5. The molecular weight excluding hydrogens is 837 g/mol. The van der Waals surface area contributed by atoms with Crippen LogP contribution in [0.15, 0.2) is 96.7 Å². The van der Waals surface area contributed by atoms with Gasteiger partial charge in [0.1, 0.15) is 54.7 Å². The van der Waals surface area contributed by atoms with E-state index in [4.69, 9.17) is 28.4 Å². The molecule has 17 heteroatoms. The molecule has 2 fully saturated rings. The predicted octanol–water partition coefficient (Wildman–Crippen LogP) is 2.81. The summed E-state index contributed by atoms with van der Waals surface area (Å²) in [4.78, 5) is 25.8. The number of hydrogen-bond acceptors (Lipinski definition) is 17. The van der Waals surface area contributed by atoms with Crippen molar-refractivity contribution in [2.75, 3.05) is 13.2 Å². The first-order valence-corrected chi connectivity index (χ1v) is 21.5. The minimum Gasteiger partial charge on any atom is -0.508 e. The van der Waals surface area contributed by atoms with E-state index in [0.717, 1.165) is 43.1 Å². The van der Waals surface area contributed by atoms with E-state index in [-0.39, 0.29) is 29.9 Å². The van der Waals surface area contributed by atoms with Gasteiger partial charge in [-0.05, 0) is 55.7 Å². The van der Waals surface area contributed by atoms with Crippen LogP contribution in [0.5, 0.6) is 11.5 Å². The molecule has 2 saturated heterocycles. The highest BCUT2D eigenvalue weighted by molar-refractivity contribution is 5.82. The maximum Gasteiger partial charge on any atom is 0.331 e. The number of carbonyl (C=O) groups is 2. The molecule has 0 aliphatic carbocycles. The Morgan fingerprint density at radius 2 is 1.59 bits per heavy atom. The monoisotopic (exact) mass is 900 g/mol. The summed E-state index contributed by atoms with van der Waals surface area (Å²) in [6.45, 7) is 6.16. The van der Waals surface area contributed by atoms with E-state index >= 15 is 0 Å². The van der Waals surface area contributed by atoms with E-state index in [0.29, 0.717) is 12.3 Å². The summed E-state index contributed by atoms with van der Waals surface area (Å²) >= 11 is 0. The summed E-state index contributed by atoms with van der Waals surface area (Å²) in [5, 5.41) is 96.3. The second-order valence-electron chi connectivity index (χ2n) is 16.0. The Bertz CT molecular complexity index is 1890. The number of aromatic hydroxyl groups is 2. The van der Waals surface area contributed by atoms with Gasteiger partial charge in [0.05, 0.1) is 31.0 Å². The minimum atomic E-state index is -2.28. The van der Waals surface area contributed by atoms with Crippen molar-refractivity contribution in [1.82, 2.24) is 0 Å². The standard InChI is InChI=1S/C47H64O17/c1-5-28(3)17-11-9-12-18-29(4)33(51)20-14-10-16-22-38(54)62-44-43(35(25-48)64-47(45(44)58)39-30(26-60-47)23-32(50)24-34(39)52)63-46-42(57)41(56)40(55)36(61-46)27-59-37(53)21-15-8-7-13-19-31(49)6-2/h7-10,12-16,18-19,21-24,28,31,33,35-36,40-46,48-52,55-58H,5-6,11,17,20,25-27H2,1-4H3/b8-7+,12-9+,14-10+,19-13+,21-15+,22-16+,29-18+/t28?,31?,33?,35-,36-,40-,41-,42-,43+,44-,45-,46-,47?/m0/s1. The number of fused-ring (bicyclic) bond motifs is 2. The molecule has 64 heavy (non-hydrogen) atoms. The lowest BCUT2D eigenvalue weighted by molar-refractivity contribution is -0.395. The van der Waals surface area contributed by atoms with Crippen molar-refractivity contribution in [2.45, 2.75) is 140 Å². The molecule has 0 bridgehead atoms. The van der Waals surface area contributed by atoms with E-state index < -0.39 is 104 Å². The van der Waals surface area contributed by atoms with Gasteiger partial charge in [0, 0.05) is 18.2 Å². The van der Waals surface area contributed by atoms with Crippen molar-refractivity contribution in [3.05, 3.63) is 108 Å². The predicted molar refractivity (Wildman–Crippen MR) is 231 cm³/mol. The fourth-order valence-electron chi connectivity index (χ4n) is 7.09. The lowest BCUT2D eigenvalue weighted by atomic mass is 9.86. The van der Waals surface area contributed by atoms with Gasteiger partial charge in [-0.3, -0.25) is 0 Å². The topological polar surface area (TPSA) is 272 Å². The molecule has 0 radical (unpaired) electrons. The number of phenols is 2. The van der Waals surface area contributed by atoms with Gasteiger partial charge in [-0.15, -0.1) is 0 Å². The maximum absolute atomic E-state index is 13.4. The number of rotatable bonds is 21. The first-order valence-electron chi connectivity index (χ1n) is 21.5. The van der Waals surface area contributed by atoms with Gasteiger partial charge < -0.3 is 74.4 Å². The highest BCUT2D eigenvalue weighted by Crippen LogP contribution is 2.51. The first-order chi connectivity index (χ1) is 30.6. The molecule has 3 heterocycles. The Hall–Kier alpha value is -4.50. The summed E-state index contributed by atoms with van der Waals surface area (Å²) < 4.78 is 34.6. The lowest BCUT2D eigenvalue weighted by Crippen LogP contribution is -2.67. The van der Waals surface area contributed by atoms with Gasteiger partial charge in [-0.25, -0.2) is 9.59 Å². The van der Waals surface area contributed by atoms with Crippen LogP contribution >= 0.6 is 0 Å². The van der Waals surface area contributed by atoms with E-state index in [2.05, 4.69) is 19.9 Å². The maximum atomic E-state index is 13.4. The van der Waals surface area contributed by atoms with Crippen molar-refractivity contribution in [1.29, 1.82) is 0 Å². The number of carbonyl (C=O) groups excluding carboxylic acids is 2. The molecule has 1 spiro atoms. The van der Waals surface area contributed by atoms with Crippen molar-refractivity contribution < 1.29 is 84.0 Å². The third kappa shape index (κ3) is 14.0. The van der Waals surface area contributed by atoms with Crippen LogP contribution in [0, 0.1) is 5.92 Å². The number of ether oxygens (including phenoxy) is 6. The summed E-state index contributed by atoms with van der Waals surface area (Å²) in [6.07, 6.45) is 6.33. The highest BCUT2D eigenvalue weighted by Gasteiger charge is 2.63. The lowest BCUT2D eigenvalue weighted by Gasteiger charge is -2.50. The van der Waals surface area contributed by atoms with Gasteiger partial charge >= 0.3 is 11.9 Å². The van der Waals surface area contributed by atoms with Crippen LogP contribution in [-0.4, -0.2) is 138 Å². The van der Waals surface area contributed by atoms with E-state index in [1.54, 1.807) is 31.2 Å². The molecule has 9 N–H and O–H groups in total. The molecule has 4 rings (SSSR count). The quantitative estimate of drug-likeness (QED) is 0.0488. The zero-order valence-electron chi connectivity index (χ0n) is 36.5. The Kier molecular flexibility index (Phi) is 20.6. The number of phenolic OH excluding ortho intramolecular Hbond substituents is 2. The third-order valence-electron chi connectivity index (χ3n) is 11.2. The van der Waals surface area contributed by atoms with Crippen LogP contribution in [0.25, 0.3) is 0 Å². The van der Waals surface area contributed by atoms with Crippen LogP contribution in [0.4, 0.5) is 0 Å². The van der Waals surface area contributed by atoms with Crippen molar-refractivity contribution in [2.24, 2.45) is 5.92 Å². The van der Waals surface area contributed by atoms with Crippen LogP contribution < -0.4 is 0 Å². The Balaban J connectivity index is 1.51.